The van der Waals surface area contributed by atoms with Crippen LogP contribution >= 0.6 is 11.6 Å². The first-order chi connectivity index (χ1) is 17.0. The van der Waals surface area contributed by atoms with Crippen molar-refractivity contribution in [3.8, 4) is 28.4 Å². The molecule has 0 spiro atoms. The van der Waals surface area contributed by atoms with E-state index in [-0.39, 0.29) is 23.2 Å². The van der Waals surface area contributed by atoms with Crippen molar-refractivity contribution < 1.29 is 14.3 Å². The Kier molecular flexibility index (Phi) is 4.81. The molecule has 5 heterocycles. The maximum absolute atomic E-state index is 13.3. The van der Waals surface area contributed by atoms with Crippen LogP contribution in [-0.4, -0.2) is 50.8 Å². The molecule has 5 aromatic rings. The summed E-state index contributed by atoms with van der Waals surface area (Å²) in [5.74, 6) is -0.520. The van der Waals surface area contributed by atoms with Gasteiger partial charge in [0.1, 0.15) is 24.1 Å². The topological polar surface area (TPSA) is 158 Å². The molecule has 0 saturated heterocycles. The average Bonchev–Trinajstić information content (AvgIpc) is 3.64. The highest BCUT2D eigenvalue weighted by molar-refractivity contribution is 6.31. The van der Waals surface area contributed by atoms with Gasteiger partial charge in [-0.25, -0.2) is 14.8 Å². The first-order valence-corrected chi connectivity index (χ1v) is 10.9. The number of halogens is 1. The molecule has 35 heavy (non-hydrogen) atoms. The van der Waals surface area contributed by atoms with E-state index < -0.39 is 5.97 Å². The number of benzene rings is 1. The standard InChI is InChI=1S/C22H15ClN8O4/c23-12-1-3-17(30-10-25-28-29-30)14(7-12)11-5-13-2-4-18(31(13)19(32)6-11)20-24-8-15(26-20)21-27-16(9-35-21)22(33)34/h1,3,5-10,18H,2,4H2,(H,24,26)(H,33,34)/t18-/m0/s1. The number of oxazole rings is 1. The number of aromatic amines is 1. The van der Waals surface area contributed by atoms with Gasteiger partial charge in [0.15, 0.2) is 5.69 Å². The molecule has 1 aliphatic rings. The highest BCUT2D eigenvalue weighted by Gasteiger charge is 2.28. The molecule has 0 fully saturated rings. The fraction of sp³-hybridized carbons (Fsp3) is 0.136. The molecular formula is C22H15ClN8O4. The number of carboxylic acid groups (broad SMARTS) is 1. The number of rotatable bonds is 5. The van der Waals surface area contributed by atoms with Gasteiger partial charge in [-0.3, -0.25) is 4.79 Å². The lowest BCUT2D eigenvalue weighted by atomic mass is 10.0. The van der Waals surface area contributed by atoms with Crippen LogP contribution in [0.2, 0.25) is 5.02 Å². The molecule has 0 bridgehead atoms. The molecule has 0 saturated carbocycles. The maximum atomic E-state index is 13.3. The van der Waals surface area contributed by atoms with Crippen LogP contribution in [0, 0.1) is 0 Å². The van der Waals surface area contributed by atoms with E-state index in [1.165, 1.54) is 17.2 Å². The van der Waals surface area contributed by atoms with E-state index in [4.69, 9.17) is 21.1 Å². The number of H-pyrrole nitrogens is 1. The van der Waals surface area contributed by atoms with E-state index in [0.29, 0.717) is 40.6 Å². The van der Waals surface area contributed by atoms with Gasteiger partial charge in [0.2, 0.25) is 5.89 Å². The van der Waals surface area contributed by atoms with Crippen molar-refractivity contribution in [2.24, 2.45) is 0 Å². The van der Waals surface area contributed by atoms with Crippen LogP contribution in [0.1, 0.15) is 34.5 Å². The van der Waals surface area contributed by atoms with Gasteiger partial charge in [-0.15, -0.1) is 5.10 Å². The number of fused-ring (bicyclic) bond motifs is 1. The normalized spacial score (nSPS) is 14.8. The van der Waals surface area contributed by atoms with Crippen LogP contribution in [0.3, 0.4) is 0 Å². The summed E-state index contributed by atoms with van der Waals surface area (Å²) in [5, 5.41) is 20.9. The van der Waals surface area contributed by atoms with Gasteiger partial charge < -0.3 is 19.1 Å². The largest absolute Gasteiger partial charge is 0.476 e. The third-order valence-corrected chi connectivity index (χ3v) is 6.10. The number of pyridine rings is 1. The molecule has 13 heteroatoms. The second kappa shape index (κ2) is 8.02. The van der Waals surface area contributed by atoms with Gasteiger partial charge in [-0.05, 0) is 53.1 Å². The van der Waals surface area contributed by atoms with Crippen molar-refractivity contribution in [2.75, 3.05) is 0 Å². The summed E-state index contributed by atoms with van der Waals surface area (Å²) in [6.07, 6.45) is 5.37. The Bertz CT molecular complexity index is 1640. The molecule has 0 unspecified atom stereocenters. The Morgan fingerprint density at radius 2 is 2.14 bits per heavy atom. The second-order valence-electron chi connectivity index (χ2n) is 7.94. The van der Waals surface area contributed by atoms with Gasteiger partial charge in [-0.2, -0.15) is 4.68 Å². The monoisotopic (exact) mass is 490 g/mol. The van der Waals surface area contributed by atoms with E-state index in [1.54, 1.807) is 28.8 Å². The van der Waals surface area contributed by atoms with Crippen LogP contribution in [0.4, 0.5) is 0 Å². The Balaban J connectivity index is 1.37. The van der Waals surface area contributed by atoms with Crippen molar-refractivity contribution in [2.45, 2.75) is 18.9 Å². The van der Waals surface area contributed by atoms with E-state index in [2.05, 4.69) is 30.5 Å². The van der Waals surface area contributed by atoms with Gasteiger partial charge in [0.05, 0.1) is 17.9 Å². The zero-order chi connectivity index (χ0) is 24.1. The van der Waals surface area contributed by atoms with E-state index in [0.717, 1.165) is 17.5 Å². The molecule has 0 radical (unpaired) electrons. The lowest BCUT2D eigenvalue weighted by Crippen LogP contribution is -2.23. The number of hydrogen-bond acceptors (Lipinski definition) is 8. The molecule has 0 aliphatic carbocycles. The van der Waals surface area contributed by atoms with E-state index >= 15 is 0 Å². The highest BCUT2D eigenvalue weighted by atomic mass is 35.5. The maximum Gasteiger partial charge on any atom is 0.357 e. The van der Waals surface area contributed by atoms with Gasteiger partial charge >= 0.3 is 5.97 Å². The smallest absolute Gasteiger partial charge is 0.357 e. The van der Waals surface area contributed by atoms with Gasteiger partial charge in [0.25, 0.3) is 5.56 Å². The summed E-state index contributed by atoms with van der Waals surface area (Å²) < 4.78 is 8.45. The van der Waals surface area contributed by atoms with Crippen LogP contribution in [-0.2, 0) is 6.42 Å². The van der Waals surface area contributed by atoms with Crippen LogP contribution in [0.25, 0.3) is 28.4 Å². The van der Waals surface area contributed by atoms with Crippen molar-refractivity contribution in [3.05, 3.63) is 81.7 Å². The number of hydrogen-bond donors (Lipinski definition) is 2. The highest BCUT2D eigenvalue weighted by Crippen LogP contribution is 2.34. The third kappa shape index (κ3) is 3.60. The van der Waals surface area contributed by atoms with Crippen LogP contribution in [0.15, 0.2) is 58.3 Å². The molecule has 1 aliphatic heterocycles. The predicted octanol–water partition coefficient (Wildman–Crippen LogP) is 2.76. The van der Waals surface area contributed by atoms with Gasteiger partial charge in [-0.1, -0.05) is 11.6 Å². The number of aromatic nitrogens is 8. The molecule has 1 aromatic carbocycles. The van der Waals surface area contributed by atoms with Crippen LogP contribution in [0.5, 0.6) is 0 Å². The predicted molar refractivity (Wildman–Crippen MR) is 121 cm³/mol. The number of imidazole rings is 1. The lowest BCUT2D eigenvalue weighted by Gasteiger charge is -2.15. The minimum absolute atomic E-state index is 0.109. The number of aryl methyl sites for hydroxylation is 1. The Morgan fingerprint density at radius 3 is 2.91 bits per heavy atom. The molecule has 2 N–H and O–H groups in total. The Morgan fingerprint density at radius 1 is 1.26 bits per heavy atom. The first-order valence-electron chi connectivity index (χ1n) is 10.5. The number of aromatic carboxylic acids is 1. The fourth-order valence-corrected chi connectivity index (χ4v) is 4.50. The quantitative estimate of drug-likeness (QED) is 0.377. The number of nitrogens with one attached hydrogen (secondary N) is 1. The average molecular weight is 491 g/mol. The summed E-state index contributed by atoms with van der Waals surface area (Å²) in [7, 11) is 0. The summed E-state index contributed by atoms with van der Waals surface area (Å²) in [6, 6.07) is 8.51. The van der Waals surface area contributed by atoms with Crippen molar-refractivity contribution in [1.29, 1.82) is 0 Å². The minimum Gasteiger partial charge on any atom is -0.476 e. The number of tetrazole rings is 1. The molecule has 1 atom stereocenters. The van der Waals surface area contributed by atoms with E-state index in [9.17, 15) is 9.59 Å². The van der Waals surface area contributed by atoms with Crippen molar-refractivity contribution in [1.82, 2.24) is 39.7 Å². The molecule has 6 rings (SSSR count). The number of carbonyl (C=O) groups is 1. The van der Waals surface area contributed by atoms with Crippen molar-refractivity contribution >= 4 is 17.6 Å². The summed E-state index contributed by atoms with van der Waals surface area (Å²) in [6.45, 7) is 0. The van der Waals surface area contributed by atoms with Gasteiger partial charge in [0, 0.05) is 22.3 Å². The lowest BCUT2D eigenvalue weighted by molar-refractivity contribution is 0.0690. The zero-order valence-corrected chi connectivity index (χ0v) is 18.5. The zero-order valence-electron chi connectivity index (χ0n) is 17.8. The van der Waals surface area contributed by atoms with E-state index in [1.807, 2.05) is 6.07 Å². The first kappa shape index (κ1) is 21.0. The SMILES string of the molecule is O=C(O)c1coc(-c2cnc([C@@H]3CCc4cc(-c5cc(Cl)ccc5-n5cnnn5)cc(=O)n43)[nH]2)n1. The molecule has 12 nitrogen and oxygen atoms in total. The molecular weight excluding hydrogens is 476 g/mol. The molecule has 0 amide bonds. The third-order valence-electron chi connectivity index (χ3n) is 5.86. The number of carboxylic acids is 1. The number of nitrogens with zero attached hydrogens (tertiary/aromatic N) is 7. The molecule has 4 aromatic heterocycles. The molecule has 174 valence electrons. The van der Waals surface area contributed by atoms with Crippen molar-refractivity contribution in [3.63, 3.8) is 0 Å². The Labute approximate surface area is 200 Å². The summed E-state index contributed by atoms with van der Waals surface area (Å²) in [4.78, 5) is 35.8. The summed E-state index contributed by atoms with van der Waals surface area (Å²) in [5.41, 5.74) is 3.01. The summed E-state index contributed by atoms with van der Waals surface area (Å²) >= 11 is 6.26. The minimum atomic E-state index is -1.19. The second-order valence-corrected chi connectivity index (χ2v) is 8.38. The van der Waals surface area contributed by atoms with Crippen LogP contribution < -0.4 is 5.56 Å². The fourth-order valence-electron chi connectivity index (χ4n) is 4.33. The Hall–Kier alpha value is -4.58.